The van der Waals surface area contributed by atoms with Crippen LogP contribution >= 0.6 is 0 Å². The van der Waals surface area contributed by atoms with Crippen molar-refractivity contribution < 1.29 is 28.7 Å². The summed E-state index contributed by atoms with van der Waals surface area (Å²) in [4.78, 5) is 28.2. The van der Waals surface area contributed by atoms with Crippen LogP contribution in [0.1, 0.15) is 23.6 Å². The molecule has 0 spiro atoms. The van der Waals surface area contributed by atoms with Gasteiger partial charge in [-0.05, 0) is 30.3 Å². The van der Waals surface area contributed by atoms with E-state index in [0.717, 1.165) is 6.54 Å². The van der Waals surface area contributed by atoms with Crippen LogP contribution in [-0.4, -0.2) is 56.0 Å². The van der Waals surface area contributed by atoms with Gasteiger partial charge in [-0.3, -0.25) is 9.59 Å². The Morgan fingerprint density at radius 1 is 1.13 bits per heavy atom. The van der Waals surface area contributed by atoms with Crippen LogP contribution in [0.3, 0.4) is 0 Å². The van der Waals surface area contributed by atoms with Crippen molar-refractivity contribution in [2.75, 3.05) is 34.3 Å². The number of Topliss-reactive ketones (excluding diaryl/α,β-unsaturated/α-hetero) is 1. The number of hydrogen-bond donors (Lipinski definition) is 2. The molecule has 2 aromatic carbocycles. The fraction of sp³-hybridized carbons (Fsp3) is 0.304. The number of nitrogens with zero attached hydrogens (tertiary/aromatic N) is 1. The van der Waals surface area contributed by atoms with Gasteiger partial charge in [0.2, 0.25) is 0 Å². The van der Waals surface area contributed by atoms with Gasteiger partial charge >= 0.3 is 0 Å². The second-order valence-corrected chi connectivity index (χ2v) is 7.55. The smallest absolute Gasteiger partial charge is 0.295 e. The van der Waals surface area contributed by atoms with E-state index in [-0.39, 0.29) is 23.4 Å². The average Bonchev–Trinajstić information content (AvgIpc) is 2.98. The summed E-state index contributed by atoms with van der Waals surface area (Å²) in [7, 11) is 5.51. The van der Waals surface area contributed by atoms with Gasteiger partial charge in [0.15, 0.2) is 0 Å². The normalized spacial score (nSPS) is 18.3. The predicted molar refractivity (Wildman–Crippen MR) is 111 cm³/mol. The van der Waals surface area contributed by atoms with Crippen LogP contribution in [0.15, 0.2) is 54.1 Å². The van der Waals surface area contributed by atoms with Crippen molar-refractivity contribution in [2.45, 2.75) is 12.5 Å². The molecule has 1 aliphatic heterocycles. The molecule has 30 heavy (non-hydrogen) atoms. The summed E-state index contributed by atoms with van der Waals surface area (Å²) < 4.78 is 19.8. The van der Waals surface area contributed by atoms with Gasteiger partial charge in [0.1, 0.15) is 17.3 Å². The van der Waals surface area contributed by atoms with Gasteiger partial charge in [0.05, 0.1) is 39.4 Å². The molecule has 0 aliphatic carbocycles. The summed E-state index contributed by atoms with van der Waals surface area (Å²) in [5.41, 5.74) is 0.435. The number of quaternary nitrogens is 1. The Kier molecular flexibility index (Phi) is 6.52. The van der Waals surface area contributed by atoms with E-state index >= 15 is 0 Å². The molecule has 2 aromatic rings. The Hall–Kier alpha value is -3.19. The van der Waals surface area contributed by atoms with E-state index in [9.17, 15) is 19.1 Å². The number of hydrogen-bond acceptors (Lipinski definition) is 4. The van der Waals surface area contributed by atoms with Crippen LogP contribution in [0.5, 0.6) is 5.75 Å². The van der Waals surface area contributed by atoms with Crippen molar-refractivity contribution in [3.63, 3.8) is 0 Å². The van der Waals surface area contributed by atoms with E-state index < -0.39 is 23.5 Å². The van der Waals surface area contributed by atoms with Gasteiger partial charge < -0.3 is 19.6 Å². The number of carbonyl (C=O) groups excluding carboxylic acids is 2. The third-order valence-corrected chi connectivity index (χ3v) is 5.18. The molecule has 0 bridgehead atoms. The number of ketones is 1. The minimum absolute atomic E-state index is 0.104. The summed E-state index contributed by atoms with van der Waals surface area (Å²) in [5, 5.41) is 10.9. The molecule has 0 aromatic heterocycles. The Balaban J connectivity index is 2.09. The number of nitrogens with one attached hydrogen (secondary N) is 1. The first-order valence-corrected chi connectivity index (χ1v) is 9.81. The number of methoxy groups -OCH3 is 1. The lowest BCUT2D eigenvalue weighted by Gasteiger charge is -2.25. The standard InChI is InChI=1S/C23H25FN2O4/c1-25(2)13-6-14-26-20(17-7-4-5-8-18(17)24)19(22(28)23(26)29)21(27)15-9-11-16(30-3)12-10-15/h4-5,7-12,20,27H,6,13-14H2,1-3H3/p+1/t20-/m0/s1. The van der Waals surface area contributed by atoms with Crippen LogP contribution in [0, 0.1) is 5.82 Å². The van der Waals surface area contributed by atoms with E-state index in [4.69, 9.17) is 4.74 Å². The third kappa shape index (κ3) is 4.21. The molecular formula is C23H26FN2O4+. The number of ether oxygens (including phenoxy) is 1. The van der Waals surface area contributed by atoms with Crippen LogP contribution < -0.4 is 9.64 Å². The van der Waals surface area contributed by atoms with Crippen LogP contribution in [-0.2, 0) is 9.59 Å². The monoisotopic (exact) mass is 413 g/mol. The Morgan fingerprint density at radius 3 is 2.40 bits per heavy atom. The number of aliphatic hydroxyl groups excluding tert-OH is 1. The molecule has 6 nitrogen and oxygen atoms in total. The molecular weight excluding hydrogens is 387 g/mol. The molecule has 1 atom stereocenters. The highest BCUT2D eigenvalue weighted by Gasteiger charge is 2.46. The molecule has 3 rings (SSSR count). The molecule has 0 saturated carbocycles. The number of amides is 1. The second kappa shape index (κ2) is 9.09. The van der Waals surface area contributed by atoms with E-state index in [2.05, 4.69) is 0 Å². The SMILES string of the molecule is COc1ccc(C(O)=C2C(=O)C(=O)N(CCC[NH+](C)C)[C@H]2c2ccccc2F)cc1. The lowest BCUT2D eigenvalue weighted by molar-refractivity contribution is -0.858. The molecule has 2 N–H and O–H groups in total. The molecule has 1 heterocycles. The fourth-order valence-corrected chi connectivity index (χ4v) is 3.64. The van der Waals surface area contributed by atoms with Gasteiger partial charge in [-0.1, -0.05) is 18.2 Å². The minimum Gasteiger partial charge on any atom is -0.507 e. The fourth-order valence-electron chi connectivity index (χ4n) is 3.64. The molecule has 1 aliphatic rings. The molecule has 1 fully saturated rings. The zero-order chi connectivity index (χ0) is 21.8. The van der Waals surface area contributed by atoms with Crippen molar-refractivity contribution in [1.29, 1.82) is 0 Å². The maximum Gasteiger partial charge on any atom is 0.295 e. The molecule has 0 radical (unpaired) electrons. The van der Waals surface area contributed by atoms with Gasteiger partial charge in [-0.15, -0.1) is 0 Å². The van der Waals surface area contributed by atoms with Gasteiger partial charge in [0, 0.05) is 24.1 Å². The molecule has 7 heteroatoms. The molecule has 0 unspecified atom stereocenters. The maximum atomic E-state index is 14.7. The van der Waals surface area contributed by atoms with E-state index in [1.165, 1.54) is 29.0 Å². The highest BCUT2D eigenvalue weighted by molar-refractivity contribution is 6.46. The summed E-state index contributed by atoms with van der Waals surface area (Å²) in [6, 6.07) is 11.5. The summed E-state index contributed by atoms with van der Waals surface area (Å²) in [6.45, 7) is 1.07. The molecule has 1 amide bonds. The number of halogens is 1. The van der Waals surface area contributed by atoms with Gasteiger partial charge in [-0.25, -0.2) is 4.39 Å². The highest BCUT2D eigenvalue weighted by Crippen LogP contribution is 2.40. The lowest BCUT2D eigenvalue weighted by Crippen LogP contribution is -3.05. The zero-order valence-electron chi connectivity index (χ0n) is 17.3. The minimum atomic E-state index is -0.981. The number of likely N-dealkylation sites (tertiary alicyclic amines) is 1. The highest BCUT2D eigenvalue weighted by atomic mass is 19.1. The number of aliphatic hydroxyl groups is 1. The van der Waals surface area contributed by atoms with Crippen molar-refractivity contribution in [3.05, 3.63) is 71.0 Å². The van der Waals surface area contributed by atoms with Gasteiger partial charge in [0.25, 0.3) is 11.7 Å². The Labute approximate surface area is 175 Å². The van der Waals surface area contributed by atoms with Crippen molar-refractivity contribution >= 4 is 17.4 Å². The van der Waals surface area contributed by atoms with E-state index in [1.807, 2.05) is 14.1 Å². The van der Waals surface area contributed by atoms with Crippen molar-refractivity contribution in [1.82, 2.24) is 4.90 Å². The molecule has 158 valence electrons. The second-order valence-electron chi connectivity index (χ2n) is 7.55. The van der Waals surface area contributed by atoms with Crippen LogP contribution in [0.2, 0.25) is 0 Å². The summed E-state index contributed by atoms with van der Waals surface area (Å²) in [5.74, 6) is -1.82. The summed E-state index contributed by atoms with van der Waals surface area (Å²) >= 11 is 0. The average molecular weight is 413 g/mol. The molecule has 1 saturated heterocycles. The van der Waals surface area contributed by atoms with Gasteiger partial charge in [-0.2, -0.15) is 0 Å². The van der Waals surface area contributed by atoms with E-state index in [0.29, 0.717) is 17.7 Å². The summed E-state index contributed by atoms with van der Waals surface area (Å²) in [6.07, 6.45) is 0.642. The maximum absolute atomic E-state index is 14.7. The third-order valence-electron chi connectivity index (χ3n) is 5.18. The van der Waals surface area contributed by atoms with Crippen LogP contribution in [0.25, 0.3) is 5.76 Å². The first-order chi connectivity index (χ1) is 14.3. The van der Waals surface area contributed by atoms with Crippen molar-refractivity contribution in [2.24, 2.45) is 0 Å². The van der Waals surface area contributed by atoms with E-state index in [1.54, 1.807) is 36.4 Å². The van der Waals surface area contributed by atoms with Crippen LogP contribution in [0.4, 0.5) is 4.39 Å². The van der Waals surface area contributed by atoms with Crippen molar-refractivity contribution in [3.8, 4) is 5.75 Å². The number of rotatable bonds is 7. The lowest BCUT2D eigenvalue weighted by atomic mass is 9.95. The first-order valence-electron chi connectivity index (χ1n) is 9.81. The first kappa shape index (κ1) is 21.5. The Bertz CT molecular complexity index is 969. The number of carbonyl (C=O) groups is 2. The predicted octanol–water partition coefficient (Wildman–Crippen LogP) is 1.79. The quantitative estimate of drug-likeness (QED) is 0.413. The largest absolute Gasteiger partial charge is 0.507 e. The number of benzene rings is 2. The zero-order valence-corrected chi connectivity index (χ0v) is 17.3. The Morgan fingerprint density at radius 2 is 1.80 bits per heavy atom. The topological polar surface area (TPSA) is 71.3 Å².